The van der Waals surface area contributed by atoms with Crippen molar-refractivity contribution >= 4 is 33.2 Å². The minimum absolute atomic E-state index is 0.0726. The first-order valence-electron chi connectivity index (χ1n) is 9.94. The smallest absolute Gasteiger partial charge is 0.271 e. The number of phenolic OH excluding ortho intramolecular Hbond substituents is 1. The molecule has 0 bridgehead atoms. The van der Waals surface area contributed by atoms with E-state index in [1.54, 1.807) is 6.07 Å². The summed E-state index contributed by atoms with van der Waals surface area (Å²) in [4.78, 5) is 14.7. The highest BCUT2D eigenvalue weighted by molar-refractivity contribution is 7.89. The summed E-state index contributed by atoms with van der Waals surface area (Å²) >= 11 is 6.17. The van der Waals surface area contributed by atoms with Crippen LogP contribution in [-0.2, 0) is 16.4 Å². The molecule has 0 aromatic heterocycles. The third-order valence-electron chi connectivity index (χ3n) is 5.64. The maximum absolute atomic E-state index is 12.8. The molecule has 2 N–H and O–H groups in total. The van der Waals surface area contributed by atoms with E-state index in [9.17, 15) is 18.3 Å². The first-order chi connectivity index (χ1) is 14.8. The summed E-state index contributed by atoms with van der Waals surface area (Å²) in [6, 6.07) is 8.95. The zero-order chi connectivity index (χ0) is 22.2. The molecule has 1 saturated heterocycles. The molecule has 0 radical (unpaired) electrons. The Morgan fingerprint density at radius 3 is 2.42 bits per heavy atom. The van der Waals surface area contributed by atoms with Gasteiger partial charge in [-0.25, -0.2) is 13.8 Å². The molecule has 164 valence electrons. The van der Waals surface area contributed by atoms with Crippen molar-refractivity contribution in [2.75, 3.05) is 33.2 Å². The molecule has 31 heavy (non-hydrogen) atoms. The van der Waals surface area contributed by atoms with Crippen LogP contribution in [0.1, 0.15) is 27.9 Å². The predicted octanol–water partition coefficient (Wildman–Crippen LogP) is 2.06. The first-order valence-corrected chi connectivity index (χ1v) is 11.8. The van der Waals surface area contributed by atoms with E-state index in [1.165, 1.54) is 34.6 Å². The van der Waals surface area contributed by atoms with E-state index in [0.717, 1.165) is 5.56 Å². The van der Waals surface area contributed by atoms with Gasteiger partial charge in [-0.05, 0) is 61.9 Å². The van der Waals surface area contributed by atoms with Crippen LogP contribution >= 0.6 is 11.6 Å². The van der Waals surface area contributed by atoms with Gasteiger partial charge < -0.3 is 10.0 Å². The SMILES string of the molecule is CN1CCN(S(=O)(=O)c2ccc(C(=O)N/N=C3\CCc4c(Cl)ccc(O)c43)cc2)CC1. The number of nitrogens with zero attached hydrogens (tertiary/aromatic N) is 3. The van der Waals surface area contributed by atoms with Crippen LogP contribution in [0.15, 0.2) is 46.4 Å². The number of piperazine rings is 1. The molecule has 2 aromatic rings. The number of phenols is 1. The molecule has 1 amide bonds. The largest absolute Gasteiger partial charge is 0.507 e. The predicted molar refractivity (Wildman–Crippen MR) is 118 cm³/mol. The number of sulfonamides is 1. The molecule has 4 rings (SSSR count). The summed E-state index contributed by atoms with van der Waals surface area (Å²) in [5.41, 5.74) is 4.69. The molecular weight excluding hydrogens is 440 g/mol. The molecular formula is C21H23ClN4O4S. The fourth-order valence-electron chi connectivity index (χ4n) is 3.80. The van der Waals surface area contributed by atoms with E-state index in [0.29, 0.717) is 55.3 Å². The van der Waals surface area contributed by atoms with Crippen LogP contribution in [0.2, 0.25) is 5.02 Å². The maximum Gasteiger partial charge on any atom is 0.271 e. The highest BCUT2D eigenvalue weighted by Crippen LogP contribution is 2.35. The molecule has 2 aromatic carbocycles. The van der Waals surface area contributed by atoms with Crippen LogP contribution in [0.25, 0.3) is 0 Å². The Bertz CT molecular complexity index is 1140. The van der Waals surface area contributed by atoms with Gasteiger partial charge in [0.1, 0.15) is 5.75 Å². The minimum Gasteiger partial charge on any atom is -0.507 e. The van der Waals surface area contributed by atoms with E-state index < -0.39 is 15.9 Å². The standard InChI is InChI=1S/C21H23ClN4O4S/c1-25-10-12-26(13-11-25)31(29,30)15-4-2-14(3-5-15)21(28)24-23-18-8-6-16-17(22)7-9-19(27)20(16)18/h2-5,7,9,27H,6,8,10-13H2,1H3,(H,24,28)/b23-18+. The second-order valence-electron chi connectivity index (χ2n) is 7.65. The average molecular weight is 463 g/mol. The van der Waals surface area contributed by atoms with E-state index in [-0.39, 0.29) is 16.2 Å². The van der Waals surface area contributed by atoms with E-state index in [2.05, 4.69) is 15.4 Å². The lowest BCUT2D eigenvalue weighted by atomic mass is 10.1. The second kappa shape index (κ2) is 8.58. The van der Waals surface area contributed by atoms with E-state index in [4.69, 9.17) is 11.6 Å². The Balaban J connectivity index is 1.47. The van der Waals surface area contributed by atoms with Crippen molar-refractivity contribution in [1.82, 2.24) is 14.6 Å². The molecule has 10 heteroatoms. The van der Waals surface area contributed by atoms with Crippen molar-refractivity contribution in [2.24, 2.45) is 5.10 Å². The lowest BCUT2D eigenvalue weighted by molar-refractivity contribution is 0.0954. The number of carbonyl (C=O) groups is 1. The summed E-state index contributed by atoms with van der Waals surface area (Å²) in [6.45, 7) is 2.25. The number of hydrogen-bond donors (Lipinski definition) is 2. The summed E-state index contributed by atoms with van der Waals surface area (Å²) in [5, 5.41) is 14.8. The van der Waals surface area contributed by atoms with Crippen molar-refractivity contribution in [3.63, 3.8) is 0 Å². The molecule has 1 heterocycles. The van der Waals surface area contributed by atoms with Gasteiger partial charge in [0.25, 0.3) is 5.91 Å². The van der Waals surface area contributed by atoms with Crippen LogP contribution in [0.4, 0.5) is 0 Å². The van der Waals surface area contributed by atoms with Crippen LogP contribution < -0.4 is 5.43 Å². The number of amides is 1. The molecule has 1 aliphatic carbocycles. The fraction of sp³-hybridized carbons (Fsp3) is 0.333. The fourth-order valence-corrected chi connectivity index (χ4v) is 5.47. The van der Waals surface area contributed by atoms with Crippen LogP contribution in [-0.4, -0.2) is 67.6 Å². The lowest BCUT2D eigenvalue weighted by Crippen LogP contribution is -2.47. The summed E-state index contributed by atoms with van der Waals surface area (Å²) in [6.07, 6.45) is 1.19. The third kappa shape index (κ3) is 4.31. The van der Waals surface area contributed by atoms with Gasteiger partial charge in [0.05, 0.1) is 10.6 Å². The lowest BCUT2D eigenvalue weighted by Gasteiger charge is -2.31. The summed E-state index contributed by atoms with van der Waals surface area (Å²) in [5.74, 6) is -0.394. The second-order valence-corrected chi connectivity index (χ2v) is 10.00. The third-order valence-corrected chi connectivity index (χ3v) is 7.91. The highest BCUT2D eigenvalue weighted by Gasteiger charge is 2.28. The molecule has 8 nitrogen and oxygen atoms in total. The Labute approximate surface area is 186 Å². The zero-order valence-corrected chi connectivity index (χ0v) is 18.6. The van der Waals surface area contributed by atoms with Crippen LogP contribution in [0, 0.1) is 0 Å². The Kier molecular flexibility index (Phi) is 6.02. The Morgan fingerprint density at radius 1 is 1.06 bits per heavy atom. The number of fused-ring (bicyclic) bond motifs is 1. The highest BCUT2D eigenvalue weighted by atomic mass is 35.5. The Morgan fingerprint density at radius 2 is 1.74 bits per heavy atom. The topological polar surface area (TPSA) is 102 Å². The van der Waals surface area contributed by atoms with Gasteiger partial charge in [0.15, 0.2) is 0 Å². The first kappa shape index (κ1) is 21.8. The van der Waals surface area contributed by atoms with Gasteiger partial charge in [0, 0.05) is 42.3 Å². The molecule has 0 unspecified atom stereocenters. The average Bonchev–Trinajstić information content (AvgIpc) is 3.20. The molecule has 0 saturated carbocycles. The monoisotopic (exact) mass is 462 g/mol. The number of benzene rings is 2. The molecule has 0 spiro atoms. The molecule has 0 atom stereocenters. The van der Waals surface area contributed by atoms with Crippen molar-refractivity contribution in [2.45, 2.75) is 17.7 Å². The number of halogens is 1. The molecule has 2 aliphatic rings. The van der Waals surface area contributed by atoms with Crippen molar-refractivity contribution in [3.8, 4) is 5.75 Å². The van der Waals surface area contributed by atoms with Gasteiger partial charge in [-0.15, -0.1) is 0 Å². The number of rotatable bonds is 4. The number of hydrogen-bond acceptors (Lipinski definition) is 6. The van der Waals surface area contributed by atoms with Crippen LogP contribution in [0.5, 0.6) is 5.75 Å². The van der Waals surface area contributed by atoms with Gasteiger partial charge >= 0.3 is 0 Å². The normalized spacial score (nSPS) is 18.8. The van der Waals surface area contributed by atoms with Crippen LogP contribution in [0.3, 0.4) is 0 Å². The number of likely N-dealkylation sites (N-methyl/N-ethyl adjacent to an activating group) is 1. The van der Waals surface area contributed by atoms with E-state index >= 15 is 0 Å². The number of carbonyl (C=O) groups excluding carboxylic acids is 1. The number of aromatic hydroxyl groups is 1. The van der Waals surface area contributed by atoms with E-state index in [1.807, 2.05) is 7.05 Å². The van der Waals surface area contributed by atoms with Gasteiger partial charge in [-0.2, -0.15) is 9.41 Å². The van der Waals surface area contributed by atoms with Gasteiger partial charge in [-0.3, -0.25) is 4.79 Å². The van der Waals surface area contributed by atoms with Gasteiger partial charge in [0.2, 0.25) is 10.0 Å². The number of hydrazone groups is 1. The molecule has 1 aliphatic heterocycles. The van der Waals surface area contributed by atoms with Crippen molar-refractivity contribution in [3.05, 3.63) is 58.1 Å². The summed E-state index contributed by atoms with van der Waals surface area (Å²) < 4.78 is 27.1. The molecule has 1 fully saturated rings. The zero-order valence-electron chi connectivity index (χ0n) is 17.0. The van der Waals surface area contributed by atoms with Crippen molar-refractivity contribution < 1.29 is 18.3 Å². The van der Waals surface area contributed by atoms with Gasteiger partial charge in [-0.1, -0.05) is 11.6 Å². The summed E-state index contributed by atoms with van der Waals surface area (Å²) in [7, 11) is -1.63. The maximum atomic E-state index is 12.8. The van der Waals surface area contributed by atoms with Crippen molar-refractivity contribution in [1.29, 1.82) is 0 Å². The Hall–Kier alpha value is -2.46. The minimum atomic E-state index is -3.59. The number of nitrogens with one attached hydrogen (secondary N) is 1. The quantitative estimate of drug-likeness (QED) is 0.677.